The second kappa shape index (κ2) is 27.0. The number of rotatable bonds is 22. The van der Waals surface area contributed by atoms with Crippen LogP contribution in [0.4, 0.5) is 0 Å². The summed E-state index contributed by atoms with van der Waals surface area (Å²) in [6.07, 6.45) is 24.0. The lowest BCUT2D eigenvalue weighted by Crippen LogP contribution is -2.13. The van der Waals surface area contributed by atoms with E-state index >= 15 is 0 Å². The molecule has 31 heavy (non-hydrogen) atoms. The molecule has 0 aromatic rings. The Labute approximate surface area is 193 Å². The Bertz CT molecular complexity index is 381. The molecule has 4 nitrogen and oxygen atoms in total. The summed E-state index contributed by atoms with van der Waals surface area (Å²) >= 11 is 0. The van der Waals surface area contributed by atoms with Gasteiger partial charge in [-0.1, -0.05) is 130 Å². The van der Waals surface area contributed by atoms with Crippen LogP contribution in [0.5, 0.6) is 0 Å². The summed E-state index contributed by atoms with van der Waals surface area (Å²) in [5.41, 5.74) is 0. The predicted molar refractivity (Wildman–Crippen MR) is 133 cm³/mol. The molecule has 0 radical (unpaired) electrons. The van der Waals surface area contributed by atoms with Gasteiger partial charge in [0.25, 0.3) is 0 Å². The molecule has 0 aromatic heterocycles. The fourth-order valence-corrected chi connectivity index (χ4v) is 3.79. The van der Waals surface area contributed by atoms with Crippen molar-refractivity contribution in [2.75, 3.05) is 0 Å². The van der Waals surface area contributed by atoms with Crippen LogP contribution in [0.2, 0.25) is 0 Å². The van der Waals surface area contributed by atoms with Gasteiger partial charge in [0.2, 0.25) is 0 Å². The fourth-order valence-electron chi connectivity index (χ4n) is 3.79. The molecule has 2 N–H and O–H groups in total. The highest BCUT2D eigenvalue weighted by atomic mass is 16.4. The molecule has 0 saturated carbocycles. The van der Waals surface area contributed by atoms with Gasteiger partial charge in [-0.15, -0.1) is 0 Å². The number of hydrogen-bond donors (Lipinski definition) is 2. The topological polar surface area (TPSA) is 74.6 Å². The summed E-state index contributed by atoms with van der Waals surface area (Å²) in [5, 5.41) is 17.6. The molecule has 186 valence electrons. The lowest BCUT2D eigenvalue weighted by atomic mass is 9.94. The Hall–Kier alpha value is -1.06. The largest absolute Gasteiger partial charge is 0.481 e. The number of carboxylic acid groups (broad SMARTS) is 2. The van der Waals surface area contributed by atoms with Crippen molar-refractivity contribution < 1.29 is 19.8 Å². The van der Waals surface area contributed by atoms with E-state index in [2.05, 4.69) is 20.8 Å². The second-order valence-electron chi connectivity index (χ2n) is 9.06. The van der Waals surface area contributed by atoms with E-state index in [0.29, 0.717) is 6.42 Å². The third kappa shape index (κ3) is 28.9. The molecular weight excluding hydrogens is 388 g/mol. The lowest BCUT2D eigenvalue weighted by Gasteiger charge is -2.11. The third-order valence-corrected chi connectivity index (χ3v) is 5.91. The van der Waals surface area contributed by atoms with E-state index in [1.54, 1.807) is 0 Å². The molecule has 0 heterocycles. The van der Waals surface area contributed by atoms with Gasteiger partial charge >= 0.3 is 11.9 Å². The summed E-state index contributed by atoms with van der Waals surface area (Å²) in [7, 11) is 0. The van der Waals surface area contributed by atoms with Crippen LogP contribution in [-0.4, -0.2) is 22.2 Å². The van der Waals surface area contributed by atoms with Crippen molar-refractivity contribution in [2.45, 2.75) is 156 Å². The van der Waals surface area contributed by atoms with Crippen molar-refractivity contribution in [3.05, 3.63) is 0 Å². The van der Waals surface area contributed by atoms with Crippen molar-refractivity contribution in [2.24, 2.45) is 5.92 Å². The Morgan fingerprint density at radius 2 is 0.839 bits per heavy atom. The van der Waals surface area contributed by atoms with Crippen LogP contribution in [0.3, 0.4) is 0 Å². The second-order valence-corrected chi connectivity index (χ2v) is 9.06. The normalized spacial score (nSPS) is 11.6. The van der Waals surface area contributed by atoms with Gasteiger partial charge in [-0.3, -0.25) is 9.59 Å². The zero-order valence-corrected chi connectivity index (χ0v) is 21.1. The van der Waals surface area contributed by atoms with Crippen LogP contribution in [-0.2, 0) is 9.59 Å². The zero-order valence-electron chi connectivity index (χ0n) is 21.1. The standard InChI is InChI=1S/C16H32O2.C11H22O2/c1-3-5-7-9-10-12-14-15(16(17)18)13-11-8-6-4-2;1-2-3-4-5-6-7-8-9-10-11(12)13/h15H,3-14H2,1-2H3,(H,17,18);2-10H2,1H3,(H,12,13). The van der Waals surface area contributed by atoms with E-state index in [4.69, 9.17) is 5.11 Å². The average molecular weight is 443 g/mol. The minimum Gasteiger partial charge on any atom is -0.481 e. The van der Waals surface area contributed by atoms with Crippen molar-refractivity contribution in [3.8, 4) is 0 Å². The smallest absolute Gasteiger partial charge is 0.306 e. The molecule has 0 spiro atoms. The Morgan fingerprint density at radius 1 is 0.516 bits per heavy atom. The highest BCUT2D eigenvalue weighted by Gasteiger charge is 2.15. The van der Waals surface area contributed by atoms with E-state index in [9.17, 15) is 14.7 Å². The van der Waals surface area contributed by atoms with Gasteiger partial charge in [-0.05, 0) is 19.3 Å². The van der Waals surface area contributed by atoms with Gasteiger partial charge in [-0.2, -0.15) is 0 Å². The molecule has 0 aromatic carbocycles. The Balaban J connectivity index is 0. The van der Waals surface area contributed by atoms with Crippen LogP contribution in [0.15, 0.2) is 0 Å². The summed E-state index contributed by atoms with van der Waals surface area (Å²) in [4.78, 5) is 21.3. The van der Waals surface area contributed by atoms with Crippen LogP contribution in [0.1, 0.15) is 156 Å². The molecule has 0 amide bonds. The monoisotopic (exact) mass is 442 g/mol. The number of carbonyl (C=O) groups is 2. The number of aliphatic carboxylic acids is 2. The number of carboxylic acids is 2. The molecule has 0 aliphatic heterocycles. The lowest BCUT2D eigenvalue weighted by molar-refractivity contribution is -0.142. The highest BCUT2D eigenvalue weighted by Crippen LogP contribution is 2.19. The van der Waals surface area contributed by atoms with Crippen molar-refractivity contribution in [1.82, 2.24) is 0 Å². The van der Waals surface area contributed by atoms with E-state index in [-0.39, 0.29) is 5.92 Å². The van der Waals surface area contributed by atoms with E-state index < -0.39 is 11.9 Å². The first-order valence-corrected chi connectivity index (χ1v) is 13.4. The SMILES string of the molecule is CCCCCCCCC(CCCCCC)C(=O)O.CCCCCCCCCCC(=O)O. The Morgan fingerprint density at radius 3 is 1.19 bits per heavy atom. The van der Waals surface area contributed by atoms with Crippen LogP contribution >= 0.6 is 0 Å². The molecule has 0 fully saturated rings. The first-order chi connectivity index (χ1) is 15.0. The molecule has 0 bridgehead atoms. The summed E-state index contributed by atoms with van der Waals surface area (Å²) < 4.78 is 0. The first kappa shape index (κ1) is 32.1. The average Bonchev–Trinajstić information content (AvgIpc) is 2.74. The van der Waals surface area contributed by atoms with Gasteiger partial charge < -0.3 is 10.2 Å². The minimum absolute atomic E-state index is 0.0898. The third-order valence-electron chi connectivity index (χ3n) is 5.91. The van der Waals surface area contributed by atoms with Gasteiger partial charge in [0.15, 0.2) is 0 Å². The quantitative estimate of drug-likeness (QED) is 0.164. The van der Waals surface area contributed by atoms with Gasteiger partial charge in [-0.25, -0.2) is 0 Å². The molecule has 1 unspecified atom stereocenters. The molecule has 4 heteroatoms. The van der Waals surface area contributed by atoms with Crippen LogP contribution < -0.4 is 0 Å². The predicted octanol–water partition coefficient (Wildman–Crippen LogP) is 9.01. The fraction of sp³-hybridized carbons (Fsp3) is 0.926. The molecule has 0 aliphatic carbocycles. The van der Waals surface area contributed by atoms with Crippen LogP contribution in [0.25, 0.3) is 0 Å². The van der Waals surface area contributed by atoms with Crippen LogP contribution in [0, 0.1) is 5.92 Å². The molecule has 0 saturated heterocycles. The van der Waals surface area contributed by atoms with Gasteiger partial charge in [0.05, 0.1) is 5.92 Å². The Kier molecular flexibility index (Phi) is 28.0. The van der Waals surface area contributed by atoms with E-state index in [1.165, 1.54) is 89.9 Å². The number of hydrogen-bond acceptors (Lipinski definition) is 2. The first-order valence-electron chi connectivity index (χ1n) is 13.4. The number of unbranched alkanes of at least 4 members (excludes halogenated alkanes) is 15. The van der Waals surface area contributed by atoms with Gasteiger partial charge in [0.1, 0.15) is 0 Å². The maximum atomic E-state index is 11.1. The zero-order chi connectivity index (χ0) is 23.6. The van der Waals surface area contributed by atoms with Crippen molar-refractivity contribution >= 4 is 11.9 Å². The summed E-state index contributed by atoms with van der Waals surface area (Å²) in [6.45, 7) is 6.62. The summed E-state index contributed by atoms with van der Waals surface area (Å²) in [5.74, 6) is -1.33. The molecule has 1 atom stereocenters. The van der Waals surface area contributed by atoms with E-state index in [0.717, 1.165) is 38.5 Å². The van der Waals surface area contributed by atoms with Crippen molar-refractivity contribution in [3.63, 3.8) is 0 Å². The molecule has 0 rings (SSSR count). The molecular formula is C27H54O4. The van der Waals surface area contributed by atoms with E-state index in [1.807, 2.05) is 0 Å². The van der Waals surface area contributed by atoms with Crippen molar-refractivity contribution in [1.29, 1.82) is 0 Å². The molecule has 0 aliphatic rings. The maximum absolute atomic E-state index is 11.1. The summed E-state index contributed by atoms with van der Waals surface area (Å²) in [6, 6.07) is 0. The highest BCUT2D eigenvalue weighted by molar-refractivity contribution is 5.69. The minimum atomic E-state index is -0.661. The maximum Gasteiger partial charge on any atom is 0.306 e. The van der Waals surface area contributed by atoms with Gasteiger partial charge in [0, 0.05) is 6.42 Å².